The second-order valence-corrected chi connectivity index (χ2v) is 9.33. The fraction of sp³-hybridized carbons (Fsp3) is 0.609. The molecular weight excluding hydrogens is 462 g/mol. The highest BCUT2D eigenvalue weighted by Gasteiger charge is 2.62. The Morgan fingerprint density at radius 3 is 2.23 bits per heavy atom. The van der Waals surface area contributed by atoms with Gasteiger partial charge in [0.05, 0.1) is 25.9 Å². The van der Waals surface area contributed by atoms with Gasteiger partial charge in [-0.25, -0.2) is 0 Å². The van der Waals surface area contributed by atoms with E-state index in [1.54, 1.807) is 52.0 Å². The van der Waals surface area contributed by atoms with E-state index in [1.165, 1.54) is 7.11 Å². The van der Waals surface area contributed by atoms with Gasteiger partial charge in [0.1, 0.15) is 24.1 Å². The van der Waals surface area contributed by atoms with Crippen molar-refractivity contribution in [1.29, 1.82) is 0 Å². The summed E-state index contributed by atoms with van der Waals surface area (Å²) in [6, 6.07) is 6.90. The lowest BCUT2D eigenvalue weighted by atomic mass is 9.98. The lowest BCUT2D eigenvalue weighted by Gasteiger charge is -2.36. The molecule has 5 atom stereocenters. The van der Waals surface area contributed by atoms with Crippen LogP contribution in [-0.2, 0) is 38.1 Å². The molecule has 1 aromatic carbocycles. The second kappa shape index (κ2) is 9.70. The normalized spacial score (nSPS) is 30.0. The maximum Gasteiger partial charge on any atom is 0.252 e. The Hall–Kier alpha value is -2.77. The Balaban J connectivity index is 1.29. The van der Waals surface area contributed by atoms with Crippen molar-refractivity contribution >= 4 is 23.4 Å². The van der Waals surface area contributed by atoms with Crippen molar-refractivity contribution in [3.05, 3.63) is 24.3 Å². The number of carbonyl (C=O) groups is 3. The van der Waals surface area contributed by atoms with Crippen molar-refractivity contribution in [2.24, 2.45) is 0 Å². The highest BCUT2D eigenvalue weighted by molar-refractivity contribution is 5.96. The maximum absolute atomic E-state index is 12.9. The van der Waals surface area contributed by atoms with Crippen LogP contribution in [0.2, 0.25) is 0 Å². The number of rotatable bonds is 7. The molecule has 0 bridgehead atoms. The number of ether oxygens (including phenoxy) is 6. The predicted molar refractivity (Wildman–Crippen MR) is 120 cm³/mol. The smallest absolute Gasteiger partial charge is 0.252 e. The molecule has 0 spiro atoms. The van der Waals surface area contributed by atoms with Gasteiger partial charge in [0.25, 0.3) is 5.91 Å². The number of nitrogens with one attached hydrogen (secondary N) is 3. The SMILES string of the molecule is COc1ccccc1NC(=O)CNC(=O)CNC(=O)[C@@H]1O[C@H]2OC(C)(C)O[C@@H]2[C@@H]2OC(C)(C)O[C@@H]21. The molecule has 4 rings (SSSR count). The minimum atomic E-state index is -1.08. The Kier molecular flexibility index (Phi) is 7.02. The van der Waals surface area contributed by atoms with E-state index < -0.39 is 60.0 Å². The quantitative estimate of drug-likeness (QED) is 0.487. The number of hydrogen-bond acceptors (Lipinski definition) is 9. The second-order valence-electron chi connectivity index (χ2n) is 9.33. The zero-order chi connectivity index (χ0) is 25.4. The average Bonchev–Trinajstić information content (AvgIpc) is 3.29. The van der Waals surface area contributed by atoms with E-state index >= 15 is 0 Å². The van der Waals surface area contributed by atoms with Gasteiger partial charge in [-0.05, 0) is 39.8 Å². The standard InChI is InChI=1S/C23H31N3O9/c1-22(2)32-16-17(33-22)19-21(35-23(3,4)34-19)31-18(16)20(29)25-10-14(27)24-11-15(28)26-12-8-6-7-9-13(12)30-5/h6-9,16-19,21H,10-11H2,1-5H3,(H,24,27)(H,25,29)(H,26,28)/t16-,17+,18+,19+,21-/m0/s1. The summed E-state index contributed by atoms with van der Waals surface area (Å²) in [7, 11) is 1.49. The lowest BCUT2D eigenvalue weighted by molar-refractivity contribution is -0.231. The van der Waals surface area contributed by atoms with E-state index in [0.717, 1.165) is 0 Å². The van der Waals surface area contributed by atoms with Crippen molar-refractivity contribution in [1.82, 2.24) is 10.6 Å². The molecule has 3 heterocycles. The highest BCUT2D eigenvalue weighted by atomic mass is 16.9. The highest BCUT2D eigenvalue weighted by Crippen LogP contribution is 2.44. The first-order chi connectivity index (χ1) is 16.5. The van der Waals surface area contributed by atoms with Crippen molar-refractivity contribution in [2.75, 3.05) is 25.5 Å². The Morgan fingerprint density at radius 1 is 0.857 bits per heavy atom. The molecule has 0 aromatic heterocycles. The van der Waals surface area contributed by atoms with Crippen LogP contribution in [-0.4, -0.2) is 80.2 Å². The van der Waals surface area contributed by atoms with Gasteiger partial charge in [-0.15, -0.1) is 0 Å². The monoisotopic (exact) mass is 493 g/mol. The molecule has 3 aliphatic rings. The summed E-state index contributed by atoms with van der Waals surface area (Å²) in [5.74, 6) is -2.93. The number of fused-ring (bicyclic) bond motifs is 3. The molecule has 3 aliphatic heterocycles. The number of methoxy groups -OCH3 is 1. The van der Waals surface area contributed by atoms with Crippen molar-refractivity contribution in [2.45, 2.75) is 70.0 Å². The molecule has 12 heteroatoms. The summed E-state index contributed by atoms with van der Waals surface area (Å²) in [5, 5.41) is 7.63. The molecule has 3 amide bonds. The van der Waals surface area contributed by atoms with Crippen molar-refractivity contribution in [3.63, 3.8) is 0 Å². The Labute approximate surface area is 202 Å². The van der Waals surface area contributed by atoms with E-state index in [0.29, 0.717) is 11.4 Å². The first-order valence-electron chi connectivity index (χ1n) is 11.3. The van der Waals surface area contributed by atoms with Crippen LogP contribution < -0.4 is 20.7 Å². The molecule has 0 aliphatic carbocycles. The first kappa shape index (κ1) is 25.3. The van der Waals surface area contributed by atoms with Crippen molar-refractivity contribution in [3.8, 4) is 5.75 Å². The Morgan fingerprint density at radius 2 is 1.49 bits per heavy atom. The molecule has 0 saturated carbocycles. The van der Waals surface area contributed by atoms with E-state index in [9.17, 15) is 14.4 Å². The molecule has 3 saturated heterocycles. The predicted octanol–water partition coefficient (Wildman–Crippen LogP) is 0.263. The minimum Gasteiger partial charge on any atom is -0.495 e. The minimum absolute atomic E-state index is 0.285. The topological polar surface area (TPSA) is 143 Å². The van der Waals surface area contributed by atoms with Gasteiger partial charge in [-0.3, -0.25) is 14.4 Å². The molecule has 3 fully saturated rings. The van der Waals surface area contributed by atoms with Crippen LogP contribution in [0.3, 0.4) is 0 Å². The fourth-order valence-electron chi connectivity index (χ4n) is 4.27. The number of carbonyl (C=O) groups excluding carboxylic acids is 3. The summed E-state index contributed by atoms with van der Waals surface area (Å²) >= 11 is 0. The third-order valence-corrected chi connectivity index (χ3v) is 5.66. The maximum atomic E-state index is 12.9. The number of benzene rings is 1. The van der Waals surface area contributed by atoms with Gasteiger partial charge >= 0.3 is 0 Å². The van der Waals surface area contributed by atoms with Crippen LogP contribution in [0.1, 0.15) is 27.7 Å². The van der Waals surface area contributed by atoms with E-state index in [-0.39, 0.29) is 13.1 Å². The van der Waals surface area contributed by atoms with Gasteiger partial charge in [0.15, 0.2) is 24.0 Å². The number of para-hydroxylation sites is 2. The molecule has 3 N–H and O–H groups in total. The zero-order valence-corrected chi connectivity index (χ0v) is 20.3. The van der Waals surface area contributed by atoms with Gasteiger partial charge in [-0.1, -0.05) is 12.1 Å². The molecule has 0 unspecified atom stereocenters. The van der Waals surface area contributed by atoms with Crippen LogP contribution in [0.5, 0.6) is 5.75 Å². The fourth-order valence-corrected chi connectivity index (χ4v) is 4.27. The van der Waals surface area contributed by atoms with Crippen LogP contribution >= 0.6 is 0 Å². The van der Waals surface area contributed by atoms with Gasteiger partial charge in [0.2, 0.25) is 11.8 Å². The van der Waals surface area contributed by atoms with Crippen LogP contribution in [0.25, 0.3) is 0 Å². The molecule has 12 nitrogen and oxygen atoms in total. The summed E-state index contributed by atoms with van der Waals surface area (Å²) in [6.45, 7) is 6.31. The molecular formula is C23H31N3O9. The average molecular weight is 494 g/mol. The van der Waals surface area contributed by atoms with Crippen LogP contribution in [0.4, 0.5) is 5.69 Å². The zero-order valence-electron chi connectivity index (χ0n) is 20.3. The molecule has 0 radical (unpaired) electrons. The van der Waals surface area contributed by atoms with Gasteiger partial charge in [0, 0.05) is 0 Å². The summed E-state index contributed by atoms with van der Waals surface area (Å²) in [6.07, 6.45) is -3.81. The van der Waals surface area contributed by atoms with E-state index in [4.69, 9.17) is 28.4 Å². The summed E-state index contributed by atoms with van der Waals surface area (Å²) in [4.78, 5) is 37.3. The van der Waals surface area contributed by atoms with Gasteiger partial charge < -0.3 is 44.4 Å². The largest absolute Gasteiger partial charge is 0.495 e. The number of anilines is 1. The van der Waals surface area contributed by atoms with E-state index in [1.807, 2.05) is 0 Å². The summed E-state index contributed by atoms with van der Waals surface area (Å²) in [5.41, 5.74) is 0.479. The third-order valence-electron chi connectivity index (χ3n) is 5.66. The molecule has 35 heavy (non-hydrogen) atoms. The lowest BCUT2D eigenvalue weighted by Crippen LogP contribution is -2.60. The van der Waals surface area contributed by atoms with Gasteiger partial charge in [-0.2, -0.15) is 0 Å². The van der Waals surface area contributed by atoms with E-state index in [2.05, 4.69) is 16.0 Å². The first-order valence-corrected chi connectivity index (χ1v) is 11.3. The third kappa shape index (κ3) is 5.73. The molecule has 192 valence electrons. The van der Waals surface area contributed by atoms with Crippen molar-refractivity contribution < 1.29 is 42.8 Å². The summed E-state index contributed by atoms with van der Waals surface area (Å²) < 4.78 is 34.6. The van der Waals surface area contributed by atoms with Crippen LogP contribution in [0.15, 0.2) is 24.3 Å². The van der Waals surface area contributed by atoms with Crippen LogP contribution in [0, 0.1) is 0 Å². The number of amides is 3. The molecule has 1 aromatic rings. The Bertz CT molecular complexity index is 983. The number of hydrogen-bond donors (Lipinski definition) is 3.